The molecule has 3 rings (SSSR count). The molecular formula is C19H26N2O4. The van der Waals surface area contributed by atoms with E-state index in [1.165, 1.54) is 0 Å². The average molecular weight is 346 g/mol. The maximum Gasteiger partial charge on any atom is 0.270 e. The maximum absolute atomic E-state index is 13.0. The number of aliphatic hydroxyl groups is 1. The standard InChI is InChI=1S/C19H26N2O4/c1-5-25-12-6-7-14-13(10-12)11(2)17(20-14)19(23)21(3)15-8-9-16(24-4)18(15)22/h6-7,10,15-16,18,20,22H,5,8-9H2,1-4H3/t15-,16-,18-/m1/s1. The Kier molecular flexibility index (Phi) is 5.01. The number of aromatic amines is 1. The van der Waals surface area contributed by atoms with Gasteiger partial charge in [0.1, 0.15) is 17.5 Å². The van der Waals surface area contributed by atoms with E-state index in [-0.39, 0.29) is 18.1 Å². The fraction of sp³-hybridized carbons (Fsp3) is 0.526. The number of aliphatic hydroxyl groups excluding tert-OH is 1. The molecule has 0 aliphatic heterocycles. The van der Waals surface area contributed by atoms with Crippen molar-refractivity contribution in [1.29, 1.82) is 0 Å². The number of benzene rings is 1. The Hall–Kier alpha value is -2.05. The lowest BCUT2D eigenvalue weighted by atomic mass is 10.1. The van der Waals surface area contributed by atoms with Crippen LogP contribution in [-0.4, -0.2) is 59.9 Å². The molecule has 2 N–H and O–H groups in total. The number of nitrogens with one attached hydrogen (secondary N) is 1. The van der Waals surface area contributed by atoms with Crippen molar-refractivity contribution in [2.24, 2.45) is 0 Å². The van der Waals surface area contributed by atoms with E-state index in [2.05, 4.69) is 4.98 Å². The van der Waals surface area contributed by atoms with E-state index in [1.807, 2.05) is 32.0 Å². The predicted octanol–water partition coefficient (Wildman–Crippen LogP) is 2.49. The van der Waals surface area contributed by atoms with E-state index in [4.69, 9.17) is 9.47 Å². The van der Waals surface area contributed by atoms with Gasteiger partial charge in [0, 0.05) is 25.1 Å². The van der Waals surface area contributed by atoms with Crippen molar-refractivity contribution in [2.45, 2.75) is 44.9 Å². The summed E-state index contributed by atoms with van der Waals surface area (Å²) in [5.41, 5.74) is 2.35. The Morgan fingerprint density at radius 2 is 2.16 bits per heavy atom. The zero-order chi connectivity index (χ0) is 18.1. The van der Waals surface area contributed by atoms with Gasteiger partial charge >= 0.3 is 0 Å². The number of hydrogen-bond acceptors (Lipinski definition) is 4. The van der Waals surface area contributed by atoms with Gasteiger partial charge < -0.3 is 24.5 Å². The second kappa shape index (κ2) is 7.06. The topological polar surface area (TPSA) is 74.8 Å². The van der Waals surface area contributed by atoms with Crippen LogP contribution in [0.2, 0.25) is 0 Å². The molecule has 0 saturated heterocycles. The smallest absolute Gasteiger partial charge is 0.270 e. The van der Waals surface area contributed by atoms with Crippen LogP contribution in [0.3, 0.4) is 0 Å². The van der Waals surface area contributed by atoms with E-state index in [9.17, 15) is 9.90 Å². The van der Waals surface area contributed by atoms with Crippen LogP contribution in [-0.2, 0) is 4.74 Å². The van der Waals surface area contributed by atoms with Crippen LogP contribution in [0.5, 0.6) is 5.75 Å². The van der Waals surface area contributed by atoms with Gasteiger partial charge in [0.25, 0.3) is 5.91 Å². The van der Waals surface area contributed by atoms with Crippen molar-refractivity contribution in [3.8, 4) is 5.75 Å². The van der Waals surface area contributed by atoms with Crippen molar-refractivity contribution in [3.63, 3.8) is 0 Å². The quantitative estimate of drug-likeness (QED) is 0.872. The van der Waals surface area contributed by atoms with Crippen LogP contribution in [0, 0.1) is 6.92 Å². The number of ether oxygens (including phenoxy) is 2. The third-order valence-electron chi connectivity index (χ3n) is 5.20. The number of nitrogens with zero attached hydrogens (tertiary/aromatic N) is 1. The third-order valence-corrected chi connectivity index (χ3v) is 5.20. The predicted molar refractivity (Wildman–Crippen MR) is 96.1 cm³/mol. The average Bonchev–Trinajstić information content (AvgIpc) is 3.14. The first-order valence-electron chi connectivity index (χ1n) is 8.71. The summed E-state index contributed by atoms with van der Waals surface area (Å²) in [6.07, 6.45) is 0.616. The molecule has 1 fully saturated rings. The van der Waals surface area contributed by atoms with Crippen molar-refractivity contribution < 1.29 is 19.4 Å². The molecule has 2 aromatic rings. The maximum atomic E-state index is 13.0. The van der Waals surface area contributed by atoms with Gasteiger partial charge in [0.2, 0.25) is 0 Å². The second-order valence-electron chi connectivity index (χ2n) is 6.59. The van der Waals surface area contributed by atoms with Gasteiger partial charge in [-0.15, -0.1) is 0 Å². The van der Waals surface area contributed by atoms with Crippen LogP contribution < -0.4 is 4.74 Å². The molecule has 0 radical (unpaired) electrons. The summed E-state index contributed by atoms with van der Waals surface area (Å²) < 4.78 is 10.8. The number of aryl methyl sites for hydroxylation is 1. The van der Waals surface area contributed by atoms with Crippen LogP contribution >= 0.6 is 0 Å². The number of methoxy groups -OCH3 is 1. The summed E-state index contributed by atoms with van der Waals surface area (Å²) in [7, 11) is 3.33. The van der Waals surface area contributed by atoms with Crippen LogP contribution in [0.1, 0.15) is 35.8 Å². The lowest BCUT2D eigenvalue weighted by Crippen LogP contribution is -2.44. The molecule has 1 aromatic heterocycles. The molecule has 1 aromatic carbocycles. The first kappa shape index (κ1) is 17.8. The van der Waals surface area contributed by atoms with E-state index in [0.29, 0.717) is 12.3 Å². The highest BCUT2D eigenvalue weighted by Gasteiger charge is 2.39. The van der Waals surface area contributed by atoms with Crippen molar-refractivity contribution in [2.75, 3.05) is 20.8 Å². The number of aromatic nitrogens is 1. The van der Waals surface area contributed by atoms with E-state index < -0.39 is 6.10 Å². The number of hydrogen-bond donors (Lipinski definition) is 2. The molecule has 1 saturated carbocycles. The first-order valence-corrected chi connectivity index (χ1v) is 8.71. The summed E-state index contributed by atoms with van der Waals surface area (Å²) in [6, 6.07) is 5.54. The molecule has 0 spiro atoms. The first-order chi connectivity index (χ1) is 12.0. The normalized spacial score (nSPS) is 23.2. The summed E-state index contributed by atoms with van der Waals surface area (Å²) >= 11 is 0. The minimum absolute atomic E-state index is 0.118. The molecular weight excluding hydrogens is 320 g/mol. The summed E-state index contributed by atoms with van der Waals surface area (Å²) in [4.78, 5) is 17.8. The van der Waals surface area contributed by atoms with E-state index in [1.54, 1.807) is 19.1 Å². The largest absolute Gasteiger partial charge is 0.494 e. The van der Waals surface area contributed by atoms with E-state index in [0.717, 1.165) is 35.1 Å². The molecule has 1 aliphatic rings. The van der Waals surface area contributed by atoms with Gasteiger partial charge in [-0.2, -0.15) is 0 Å². The number of likely N-dealkylation sites (N-methyl/N-ethyl adjacent to an activating group) is 1. The van der Waals surface area contributed by atoms with Crippen LogP contribution in [0.25, 0.3) is 10.9 Å². The number of rotatable bonds is 5. The monoisotopic (exact) mass is 346 g/mol. The lowest BCUT2D eigenvalue weighted by molar-refractivity contribution is -0.0156. The van der Waals surface area contributed by atoms with Gasteiger partial charge in [-0.25, -0.2) is 0 Å². The molecule has 1 aliphatic carbocycles. The fourth-order valence-electron chi connectivity index (χ4n) is 3.71. The number of amides is 1. The number of carbonyl (C=O) groups excluding carboxylic acids is 1. The number of carbonyl (C=O) groups is 1. The molecule has 1 heterocycles. The second-order valence-corrected chi connectivity index (χ2v) is 6.59. The van der Waals surface area contributed by atoms with Crippen LogP contribution in [0.15, 0.2) is 18.2 Å². The van der Waals surface area contributed by atoms with Crippen molar-refractivity contribution in [1.82, 2.24) is 9.88 Å². The minimum Gasteiger partial charge on any atom is -0.494 e. The Balaban J connectivity index is 1.88. The summed E-state index contributed by atoms with van der Waals surface area (Å²) in [5.74, 6) is 0.672. The van der Waals surface area contributed by atoms with E-state index >= 15 is 0 Å². The Morgan fingerprint density at radius 3 is 2.80 bits per heavy atom. The molecule has 0 bridgehead atoms. The third kappa shape index (κ3) is 3.12. The molecule has 1 amide bonds. The molecule has 6 heteroatoms. The summed E-state index contributed by atoms with van der Waals surface area (Å²) in [5, 5.41) is 11.4. The SMILES string of the molecule is CCOc1ccc2[nH]c(C(=O)N(C)[C@@H]3CC[C@@H](OC)[C@@H]3O)c(C)c2c1. The summed E-state index contributed by atoms with van der Waals surface area (Å²) in [6.45, 7) is 4.47. The Morgan fingerprint density at radius 1 is 1.40 bits per heavy atom. The van der Waals surface area contributed by atoms with Crippen molar-refractivity contribution >= 4 is 16.8 Å². The Bertz CT molecular complexity index is 770. The lowest BCUT2D eigenvalue weighted by Gasteiger charge is -2.28. The highest BCUT2D eigenvalue weighted by Crippen LogP contribution is 2.30. The molecule has 3 atom stereocenters. The zero-order valence-electron chi connectivity index (χ0n) is 15.2. The van der Waals surface area contributed by atoms with Gasteiger partial charge in [0.15, 0.2) is 0 Å². The Labute approximate surface area is 147 Å². The van der Waals surface area contributed by atoms with Gasteiger partial charge in [-0.05, 0) is 50.5 Å². The minimum atomic E-state index is -0.659. The number of H-pyrrole nitrogens is 1. The van der Waals surface area contributed by atoms with Crippen molar-refractivity contribution in [3.05, 3.63) is 29.5 Å². The highest BCUT2D eigenvalue weighted by atomic mass is 16.5. The molecule has 136 valence electrons. The molecule has 25 heavy (non-hydrogen) atoms. The van der Waals surface area contributed by atoms with Gasteiger partial charge in [-0.1, -0.05) is 0 Å². The van der Waals surface area contributed by atoms with Crippen LogP contribution in [0.4, 0.5) is 0 Å². The molecule has 0 unspecified atom stereocenters. The molecule has 6 nitrogen and oxygen atoms in total. The fourth-order valence-corrected chi connectivity index (χ4v) is 3.71. The van der Waals surface area contributed by atoms with Gasteiger partial charge in [-0.3, -0.25) is 4.79 Å². The zero-order valence-corrected chi connectivity index (χ0v) is 15.2. The van der Waals surface area contributed by atoms with Gasteiger partial charge in [0.05, 0.1) is 18.8 Å². The highest BCUT2D eigenvalue weighted by molar-refractivity contribution is 6.01. The number of fused-ring (bicyclic) bond motifs is 1.